The Bertz CT molecular complexity index is 399. The molecule has 0 aromatic heterocycles. The first-order valence-electron chi connectivity index (χ1n) is 9.94. The van der Waals surface area contributed by atoms with Crippen LogP contribution in [0.1, 0.15) is 58.8 Å². The Balaban J connectivity index is 0. The van der Waals surface area contributed by atoms with E-state index in [1.807, 2.05) is 0 Å². The molecular formula is C19H41Cl3N4O. The van der Waals surface area contributed by atoms with Gasteiger partial charge in [-0.3, -0.25) is 9.69 Å². The lowest BCUT2D eigenvalue weighted by Crippen LogP contribution is -2.62. The summed E-state index contributed by atoms with van der Waals surface area (Å²) < 4.78 is 0. The van der Waals surface area contributed by atoms with Crippen LogP contribution in [0.15, 0.2) is 0 Å². The fraction of sp³-hybridized carbons (Fsp3) is 0.947. The number of nitrogens with two attached hydrogens (primary N) is 1. The Labute approximate surface area is 184 Å². The molecule has 2 fully saturated rings. The quantitative estimate of drug-likeness (QED) is 0.629. The zero-order chi connectivity index (χ0) is 17.6. The zero-order valence-electron chi connectivity index (χ0n) is 17.3. The highest BCUT2D eigenvalue weighted by Gasteiger charge is 2.41. The van der Waals surface area contributed by atoms with Crippen LogP contribution in [0.4, 0.5) is 0 Å². The van der Waals surface area contributed by atoms with E-state index in [0.717, 1.165) is 45.3 Å². The summed E-state index contributed by atoms with van der Waals surface area (Å²) in [6, 6.07) is 0. The smallest absolute Gasteiger partial charge is 0.227 e. The molecule has 0 bridgehead atoms. The minimum absolute atomic E-state index is 0. The molecule has 2 saturated heterocycles. The molecule has 0 aromatic carbocycles. The third-order valence-electron chi connectivity index (χ3n) is 6.75. The van der Waals surface area contributed by atoms with Crippen molar-refractivity contribution in [1.82, 2.24) is 15.1 Å². The second kappa shape index (κ2) is 13.4. The number of carbonyl (C=O) groups excluding carboxylic acids is 1. The zero-order valence-corrected chi connectivity index (χ0v) is 19.7. The minimum Gasteiger partial charge on any atom is -0.354 e. The van der Waals surface area contributed by atoms with Gasteiger partial charge in [0.1, 0.15) is 0 Å². The van der Waals surface area contributed by atoms with Crippen molar-refractivity contribution in [3.8, 4) is 0 Å². The van der Waals surface area contributed by atoms with Gasteiger partial charge in [0.15, 0.2) is 0 Å². The van der Waals surface area contributed by atoms with Crippen LogP contribution in [0.3, 0.4) is 0 Å². The van der Waals surface area contributed by atoms with Gasteiger partial charge in [-0.1, -0.05) is 20.3 Å². The molecule has 2 aliphatic heterocycles. The van der Waals surface area contributed by atoms with Gasteiger partial charge in [-0.05, 0) is 71.8 Å². The van der Waals surface area contributed by atoms with Gasteiger partial charge < -0.3 is 16.0 Å². The Morgan fingerprint density at radius 1 is 1.00 bits per heavy atom. The van der Waals surface area contributed by atoms with Crippen molar-refractivity contribution in [3.63, 3.8) is 0 Å². The summed E-state index contributed by atoms with van der Waals surface area (Å²) in [6.45, 7) is 9.97. The van der Waals surface area contributed by atoms with Crippen LogP contribution in [-0.2, 0) is 4.79 Å². The van der Waals surface area contributed by atoms with Gasteiger partial charge in [-0.2, -0.15) is 0 Å². The molecule has 0 spiro atoms. The third kappa shape index (κ3) is 6.90. The van der Waals surface area contributed by atoms with E-state index < -0.39 is 5.41 Å². The molecule has 2 aliphatic rings. The largest absolute Gasteiger partial charge is 0.354 e. The van der Waals surface area contributed by atoms with Gasteiger partial charge in [0.05, 0.1) is 5.41 Å². The molecule has 8 heteroatoms. The first kappa shape index (κ1) is 29.4. The Morgan fingerprint density at radius 3 is 1.96 bits per heavy atom. The predicted octanol–water partition coefficient (Wildman–Crippen LogP) is 3.08. The van der Waals surface area contributed by atoms with Crippen molar-refractivity contribution >= 4 is 43.1 Å². The van der Waals surface area contributed by atoms with Gasteiger partial charge in [-0.15, -0.1) is 37.2 Å². The van der Waals surface area contributed by atoms with Crippen molar-refractivity contribution in [2.45, 2.75) is 64.3 Å². The van der Waals surface area contributed by atoms with Crippen LogP contribution >= 0.6 is 37.2 Å². The summed E-state index contributed by atoms with van der Waals surface area (Å²) in [7, 11) is 2.20. The highest BCUT2D eigenvalue weighted by Crippen LogP contribution is 2.32. The molecule has 27 heavy (non-hydrogen) atoms. The predicted molar refractivity (Wildman–Crippen MR) is 122 cm³/mol. The molecule has 0 aliphatic carbocycles. The number of hydrogen-bond acceptors (Lipinski definition) is 4. The van der Waals surface area contributed by atoms with Gasteiger partial charge in [-0.25, -0.2) is 0 Å². The first-order valence-corrected chi connectivity index (χ1v) is 9.94. The molecule has 1 amide bonds. The normalized spacial score (nSPS) is 20.6. The number of carbonyl (C=O) groups is 1. The van der Waals surface area contributed by atoms with E-state index in [2.05, 4.69) is 36.0 Å². The van der Waals surface area contributed by atoms with Crippen molar-refractivity contribution in [2.75, 3.05) is 46.3 Å². The fourth-order valence-corrected chi connectivity index (χ4v) is 4.39. The number of halogens is 3. The molecule has 2 heterocycles. The average molecular weight is 448 g/mol. The Morgan fingerprint density at radius 2 is 1.52 bits per heavy atom. The van der Waals surface area contributed by atoms with Crippen molar-refractivity contribution in [3.05, 3.63) is 0 Å². The topological polar surface area (TPSA) is 61.6 Å². The van der Waals surface area contributed by atoms with Crippen molar-refractivity contribution in [1.29, 1.82) is 0 Å². The summed E-state index contributed by atoms with van der Waals surface area (Å²) in [5.74, 6) is 0.158. The number of hydrogen-bond donors (Lipinski definition) is 2. The van der Waals surface area contributed by atoms with Crippen LogP contribution in [0.25, 0.3) is 0 Å². The maximum Gasteiger partial charge on any atom is 0.227 e. The number of nitrogens with one attached hydrogen (secondary N) is 1. The minimum atomic E-state index is -0.394. The molecule has 0 atom stereocenters. The van der Waals surface area contributed by atoms with Crippen LogP contribution < -0.4 is 11.1 Å². The highest BCUT2D eigenvalue weighted by molar-refractivity contribution is 5.86. The lowest BCUT2D eigenvalue weighted by molar-refractivity contribution is -0.132. The summed E-state index contributed by atoms with van der Waals surface area (Å²) >= 11 is 0. The summed E-state index contributed by atoms with van der Waals surface area (Å²) in [4.78, 5) is 18.0. The monoisotopic (exact) mass is 446 g/mol. The van der Waals surface area contributed by atoms with E-state index in [4.69, 9.17) is 5.73 Å². The Kier molecular flexibility index (Phi) is 14.7. The maximum atomic E-state index is 12.9. The number of likely N-dealkylation sites (tertiary alicyclic amines) is 2. The molecule has 2 rings (SSSR count). The molecule has 0 unspecified atom stereocenters. The van der Waals surface area contributed by atoms with Crippen LogP contribution in [0.2, 0.25) is 0 Å². The summed E-state index contributed by atoms with van der Waals surface area (Å²) in [5.41, 5.74) is 5.70. The summed E-state index contributed by atoms with van der Waals surface area (Å²) in [5, 5.41) is 3.32. The third-order valence-corrected chi connectivity index (χ3v) is 6.75. The molecule has 0 aromatic rings. The Hall–Kier alpha value is 0.220. The van der Waals surface area contributed by atoms with E-state index in [0.29, 0.717) is 6.54 Å². The molecule has 5 nitrogen and oxygen atoms in total. The molecule has 0 saturated carbocycles. The molecule has 0 radical (unpaired) electrons. The van der Waals surface area contributed by atoms with Gasteiger partial charge >= 0.3 is 0 Å². The van der Waals surface area contributed by atoms with Gasteiger partial charge in [0.2, 0.25) is 5.91 Å². The van der Waals surface area contributed by atoms with Gasteiger partial charge in [0.25, 0.3) is 0 Å². The van der Waals surface area contributed by atoms with Crippen molar-refractivity contribution < 1.29 is 4.79 Å². The van der Waals surface area contributed by atoms with Gasteiger partial charge in [0, 0.05) is 18.6 Å². The van der Waals surface area contributed by atoms with E-state index in [1.54, 1.807) is 0 Å². The van der Waals surface area contributed by atoms with Crippen LogP contribution in [-0.4, -0.2) is 67.6 Å². The number of piperidine rings is 2. The van der Waals surface area contributed by atoms with E-state index in [-0.39, 0.29) is 48.7 Å². The summed E-state index contributed by atoms with van der Waals surface area (Å²) in [6.07, 6.45) is 7.86. The second-order valence-electron chi connectivity index (χ2n) is 7.95. The lowest BCUT2D eigenvalue weighted by Gasteiger charge is -2.50. The van der Waals surface area contributed by atoms with E-state index >= 15 is 0 Å². The molecular weight excluding hydrogens is 407 g/mol. The van der Waals surface area contributed by atoms with Crippen LogP contribution in [0, 0.1) is 5.41 Å². The lowest BCUT2D eigenvalue weighted by atomic mass is 9.80. The van der Waals surface area contributed by atoms with E-state index in [9.17, 15) is 4.79 Å². The maximum absolute atomic E-state index is 12.9. The number of amides is 1. The highest BCUT2D eigenvalue weighted by atomic mass is 35.5. The fourth-order valence-electron chi connectivity index (χ4n) is 4.39. The SMILES string of the molecule is CCC(CC)(CN)C(=O)NCC1(N2CCCCC2)CCN(C)CC1.Cl.Cl.Cl. The number of rotatable bonds is 7. The first-order chi connectivity index (χ1) is 11.5. The second-order valence-corrected chi connectivity index (χ2v) is 7.95. The molecule has 3 N–H and O–H groups in total. The van der Waals surface area contributed by atoms with Crippen LogP contribution in [0.5, 0.6) is 0 Å². The van der Waals surface area contributed by atoms with Crippen molar-refractivity contribution in [2.24, 2.45) is 11.1 Å². The van der Waals surface area contributed by atoms with E-state index in [1.165, 1.54) is 32.4 Å². The molecule has 164 valence electrons. The number of nitrogens with zero attached hydrogens (tertiary/aromatic N) is 2. The average Bonchev–Trinajstić information content (AvgIpc) is 2.64. The standard InChI is InChI=1S/C19H38N4O.3ClH/c1-4-18(5-2,15-20)17(24)21-16-19(9-13-22(3)14-10-19)23-11-7-6-8-12-23;;;/h4-16,20H2,1-3H3,(H,21,24);3*1H.